The molecule has 0 nitrogen and oxygen atoms in total. The van der Waals surface area contributed by atoms with Crippen molar-refractivity contribution in [3.8, 4) is 0 Å². The summed E-state index contributed by atoms with van der Waals surface area (Å²) in [5.41, 5.74) is 4.34. The van der Waals surface area contributed by atoms with Crippen molar-refractivity contribution in [3.63, 3.8) is 0 Å². The summed E-state index contributed by atoms with van der Waals surface area (Å²) in [5, 5.41) is 0. The fraction of sp³-hybridized carbons (Fsp3) is 0.455. The Morgan fingerprint density at radius 2 is 2.00 bits per heavy atom. The molecule has 0 aliphatic heterocycles. The van der Waals surface area contributed by atoms with Crippen LogP contribution in [0.15, 0.2) is 18.2 Å². The minimum absolute atomic E-state index is 0.735. The largest absolute Gasteiger partial charge is 0.0884 e. The molecule has 64 valence electrons. The molecule has 0 aromatic heterocycles. The minimum atomic E-state index is 0.735. The highest BCUT2D eigenvalue weighted by Gasteiger charge is 2.36. The van der Waals surface area contributed by atoms with Crippen LogP contribution in [0, 0.1) is 13.8 Å². The molecule has 1 aliphatic rings. The number of benzene rings is 1. The minimum Gasteiger partial charge on any atom is -0.0884 e. The lowest BCUT2D eigenvalue weighted by atomic mass is 10.0. The van der Waals surface area contributed by atoms with Crippen LogP contribution >= 0.6 is 15.9 Å². The molecule has 2 rings (SSSR count). The molecular weight excluding hydrogens is 212 g/mol. The second-order valence-corrected chi connectivity index (χ2v) is 4.89. The summed E-state index contributed by atoms with van der Waals surface area (Å²) in [7, 11) is 0. The third-order valence-electron chi connectivity index (χ3n) is 2.54. The predicted molar refractivity (Wildman–Crippen MR) is 56.0 cm³/mol. The first-order valence-electron chi connectivity index (χ1n) is 4.39. The van der Waals surface area contributed by atoms with Gasteiger partial charge in [0.25, 0.3) is 0 Å². The summed E-state index contributed by atoms with van der Waals surface area (Å²) >= 11 is 3.64. The van der Waals surface area contributed by atoms with Gasteiger partial charge >= 0.3 is 0 Å². The molecule has 0 bridgehead atoms. The van der Waals surface area contributed by atoms with Crippen molar-refractivity contribution < 1.29 is 0 Å². The van der Waals surface area contributed by atoms with Gasteiger partial charge < -0.3 is 0 Å². The van der Waals surface area contributed by atoms with Gasteiger partial charge in [-0.2, -0.15) is 0 Å². The topological polar surface area (TPSA) is 0 Å². The Kier molecular flexibility index (Phi) is 1.99. The first-order chi connectivity index (χ1) is 5.68. The maximum Gasteiger partial charge on any atom is 0.0221 e. The zero-order chi connectivity index (χ0) is 8.72. The third-order valence-corrected chi connectivity index (χ3v) is 3.55. The van der Waals surface area contributed by atoms with E-state index in [0.717, 1.165) is 10.7 Å². The first kappa shape index (κ1) is 8.31. The molecular formula is C11H13Br. The van der Waals surface area contributed by atoms with E-state index in [1.54, 1.807) is 0 Å². The van der Waals surface area contributed by atoms with E-state index in [0.29, 0.717) is 0 Å². The molecule has 1 aromatic rings. The summed E-state index contributed by atoms with van der Waals surface area (Å²) < 4.78 is 0. The Hall–Kier alpha value is -0.300. The first-order valence-corrected chi connectivity index (χ1v) is 5.31. The SMILES string of the molecule is Cc1ccc(C2CC2Br)c(C)c1. The average molecular weight is 225 g/mol. The Labute approximate surface area is 82.1 Å². The van der Waals surface area contributed by atoms with Crippen molar-refractivity contribution in [1.82, 2.24) is 0 Å². The predicted octanol–water partition coefficient (Wildman–Crippen LogP) is 3.55. The quantitative estimate of drug-likeness (QED) is 0.641. The van der Waals surface area contributed by atoms with Crippen LogP contribution in [-0.4, -0.2) is 4.83 Å². The number of hydrogen-bond acceptors (Lipinski definition) is 0. The summed E-state index contributed by atoms with van der Waals surface area (Å²) in [5.74, 6) is 0.783. The Morgan fingerprint density at radius 3 is 2.50 bits per heavy atom. The third kappa shape index (κ3) is 1.42. The van der Waals surface area contributed by atoms with Gasteiger partial charge in [0.1, 0.15) is 0 Å². The van der Waals surface area contributed by atoms with Gasteiger partial charge in [-0.3, -0.25) is 0 Å². The van der Waals surface area contributed by atoms with Crippen molar-refractivity contribution >= 4 is 15.9 Å². The Balaban J connectivity index is 2.33. The maximum atomic E-state index is 3.64. The molecule has 0 heterocycles. The van der Waals surface area contributed by atoms with Crippen molar-refractivity contribution in [1.29, 1.82) is 0 Å². The van der Waals surface area contributed by atoms with Crippen molar-refractivity contribution in [2.75, 3.05) is 0 Å². The van der Waals surface area contributed by atoms with E-state index in [-0.39, 0.29) is 0 Å². The van der Waals surface area contributed by atoms with E-state index in [2.05, 4.69) is 48.0 Å². The van der Waals surface area contributed by atoms with E-state index >= 15 is 0 Å². The lowest BCUT2D eigenvalue weighted by Crippen LogP contribution is -1.88. The highest BCUT2D eigenvalue weighted by atomic mass is 79.9. The van der Waals surface area contributed by atoms with Gasteiger partial charge in [-0.15, -0.1) is 0 Å². The Bertz CT molecular complexity index is 304. The van der Waals surface area contributed by atoms with Crippen LogP contribution in [0.1, 0.15) is 29.0 Å². The maximum absolute atomic E-state index is 3.64. The second-order valence-electron chi connectivity index (χ2n) is 3.72. The van der Waals surface area contributed by atoms with Crippen molar-refractivity contribution in [3.05, 3.63) is 34.9 Å². The average Bonchev–Trinajstić information content (AvgIpc) is 2.66. The summed E-state index contributed by atoms with van der Waals surface area (Å²) in [6.07, 6.45) is 1.31. The van der Waals surface area contributed by atoms with E-state index in [4.69, 9.17) is 0 Å². The van der Waals surface area contributed by atoms with Gasteiger partial charge in [0.2, 0.25) is 0 Å². The number of alkyl halides is 1. The van der Waals surface area contributed by atoms with Gasteiger partial charge in [0, 0.05) is 4.83 Å². The highest BCUT2D eigenvalue weighted by molar-refractivity contribution is 9.09. The molecule has 0 saturated heterocycles. The number of rotatable bonds is 1. The van der Waals surface area contributed by atoms with Gasteiger partial charge in [0.15, 0.2) is 0 Å². The number of halogens is 1. The van der Waals surface area contributed by atoms with Gasteiger partial charge in [-0.1, -0.05) is 39.7 Å². The Morgan fingerprint density at radius 1 is 1.33 bits per heavy atom. The van der Waals surface area contributed by atoms with Crippen molar-refractivity contribution in [2.24, 2.45) is 0 Å². The van der Waals surface area contributed by atoms with Gasteiger partial charge in [-0.05, 0) is 37.3 Å². The van der Waals surface area contributed by atoms with Gasteiger partial charge in [-0.25, -0.2) is 0 Å². The lowest BCUT2D eigenvalue weighted by molar-refractivity contribution is 1.10. The molecule has 2 unspecified atom stereocenters. The van der Waals surface area contributed by atoms with E-state index in [1.807, 2.05) is 0 Å². The molecule has 1 fully saturated rings. The van der Waals surface area contributed by atoms with Crippen molar-refractivity contribution in [2.45, 2.75) is 31.0 Å². The smallest absolute Gasteiger partial charge is 0.0221 e. The summed E-state index contributed by atoms with van der Waals surface area (Å²) in [6.45, 7) is 4.36. The molecule has 1 saturated carbocycles. The molecule has 0 radical (unpaired) electrons. The lowest BCUT2D eigenvalue weighted by Gasteiger charge is -2.04. The summed E-state index contributed by atoms with van der Waals surface area (Å²) in [6, 6.07) is 6.75. The molecule has 0 N–H and O–H groups in total. The standard InChI is InChI=1S/C11H13Br/c1-7-3-4-9(8(2)5-7)10-6-11(10)12/h3-5,10-11H,6H2,1-2H3. The fourth-order valence-corrected chi connectivity index (χ4v) is 2.41. The van der Waals surface area contributed by atoms with Crippen LogP contribution in [0.25, 0.3) is 0 Å². The normalized spacial score (nSPS) is 27.2. The van der Waals surface area contributed by atoms with Gasteiger partial charge in [0.05, 0.1) is 0 Å². The highest BCUT2D eigenvalue weighted by Crippen LogP contribution is 2.47. The molecule has 12 heavy (non-hydrogen) atoms. The second kappa shape index (κ2) is 2.88. The molecule has 0 spiro atoms. The monoisotopic (exact) mass is 224 g/mol. The number of aryl methyl sites for hydroxylation is 2. The van der Waals surface area contributed by atoms with Crippen LogP contribution in [0.4, 0.5) is 0 Å². The zero-order valence-electron chi connectivity index (χ0n) is 7.47. The molecule has 2 atom stereocenters. The molecule has 1 heteroatoms. The molecule has 1 aliphatic carbocycles. The fourth-order valence-electron chi connectivity index (χ4n) is 1.73. The van der Waals surface area contributed by atoms with Crippen LogP contribution < -0.4 is 0 Å². The molecule has 1 aromatic carbocycles. The van der Waals surface area contributed by atoms with Crippen LogP contribution in [0.2, 0.25) is 0 Å². The number of hydrogen-bond donors (Lipinski definition) is 0. The van der Waals surface area contributed by atoms with Crippen LogP contribution in [-0.2, 0) is 0 Å². The van der Waals surface area contributed by atoms with E-state index in [9.17, 15) is 0 Å². The van der Waals surface area contributed by atoms with E-state index < -0.39 is 0 Å². The van der Waals surface area contributed by atoms with Crippen LogP contribution in [0.5, 0.6) is 0 Å². The van der Waals surface area contributed by atoms with E-state index in [1.165, 1.54) is 23.1 Å². The van der Waals surface area contributed by atoms with Crippen LogP contribution in [0.3, 0.4) is 0 Å². The zero-order valence-corrected chi connectivity index (χ0v) is 9.06. The summed E-state index contributed by atoms with van der Waals surface area (Å²) in [4.78, 5) is 0.735. The molecule has 0 amide bonds.